The number of amides is 1. The van der Waals surface area contributed by atoms with Gasteiger partial charge in [0.05, 0.1) is 5.69 Å². The number of carbonyl (C=O) groups is 1. The van der Waals surface area contributed by atoms with Crippen molar-refractivity contribution in [3.8, 4) is 11.6 Å². The van der Waals surface area contributed by atoms with Crippen molar-refractivity contribution in [1.82, 2.24) is 9.97 Å². The number of hydrogen-bond acceptors (Lipinski definition) is 4. The van der Waals surface area contributed by atoms with Crippen molar-refractivity contribution in [1.29, 1.82) is 0 Å². The van der Waals surface area contributed by atoms with Crippen LogP contribution in [0.15, 0.2) is 30.6 Å². The maximum atomic E-state index is 11.0. The Morgan fingerprint density at radius 3 is 2.95 bits per heavy atom. The zero-order valence-corrected chi connectivity index (χ0v) is 11.0. The number of rotatable bonds is 2. The molecule has 2 heterocycles. The van der Waals surface area contributed by atoms with Gasteiger partial charge in [-0.05, 0) is 30.2 Å². The molecule has 1 amide bonds. The summed E-state index contributed by atoms with van der Waals surface area (Å²) in [5.41, 5.74) is 1.63. The Kier molecular flexibility index (Phi) is 3.15. The summed E-state index contributed by atoms with van der Waals surface area (Å²) in [5, 5.41) is 9.36. The Morgan fingerprint density at radius 2 is 2.20 bits per heavy atom. The van der Waals surface area contributed by atoms with Gasteiger partial charge in [-0.1, -0.05) is 11.6 Å². The molecule has 0 unspecified atom stereocenters. The second-order valence-electron chi connectivity index (χ2n) is 4.26. The largest absolute Gasteiger partial charge is 0.465 e. The Morgan fingerprint density at radius 1 is 1.35 bits per heavy atom. The molecule has 6 nitrogen and oxygen atoms in total. The molecule has 2 aromatic rings. The first-order valence-electron chi connectivity index (χ1n) is 5.92. The standard InChI is InChI=1S/C13H10ClN3O3/c14-11-6-12(16-7-15-11)20-9-1-2-10-8(5-9)3-4-17(10)13(18)19/h1-2,5-7H,3-4H2,(H,18,19). The molecule has 0 saturated carbocycles. The van der Waals surface area contributed by atoms with Crippen molar-refractivity contribution in [2.75, 3.05) is 11.4 Å². The average molecular weight is 292 g/mol. The molecule has 1 aliphatic rings. The van der Waals surface area contributed by atoms with Crippen LogP contribution in [0.25, 0.3) is 0 Å². The number of ether oxygens (including phenoxy) is 1. The van der Waals surface area contributed by atoms with Crippen LogP contribution in [-0.2, 0) is 6.42 Å². The number of hydrogen-bond donors (Lipinski definition) is 1. The van der Waals surface area contributed by atoms with Crippen molar-refractivity contribution in [3.63, 3.8) is 0 Å². The highest BCUT2D eigenvalue weighted by atomic mass is 35.5. The predicted molar refractivity (Wildman–Crippen MR) is 72.6 cm³/mol. The number of anilines is 1. The molecule has 0 spiro atoms. The van der Waals surface area contributed by atoms with E-state index in [4.69, 9.17) is 21.4 Å². The SMILES string of the molecule is O=C(O)N1CCc2cc(Oc3cc(Cl)ncn3)ccc21. The molecule has 3 rings (SSSR count). The van der Waals surface area contributed by atoms with Crippen LogP contribution in [0.1, 0.15) is 5.56 Å². The van der Waals surface area contributed by atoms with Gasteiger partial charge in [0.1, 0.15) is 17.2 Å². The molecule has 0 aliphatic carbocycles. The Bertz CT molecular complexity index is 678. The molecule has 0 atom stereocenters. The van der Waals surface area contributed by atoms with Gasteiger partial charge < -0.3 is 9.84 Å². The normalized spacial score (nSPS) is 13.2. The van der Waals surface area contributed by atoms with Gasteiger partial charge in [-0.2, -0.15) is 0 Å². The molecular formula is C13H10ClN3O3. The van der Waals surface area contributed by atoms with Gasteiger partial charge in [-0.15, -0.1) is 0 Å². The molecule has 1 N–H and O–H groups in total. The fraction of sp³-hybridized carbons (Fsp3) is 0.154. The van der Waals surface area contributed by atoms with Gasteiger partial charge in [0.2, 0.25) is 5.88 Å². The van der Waals surface area contributed by atoms with Crippen molar-refractivity contribution < 1.29 is 14.6 Å². The molecule has 1 aromatic heterocycles. The summed E-state index contributed by atoms with van der Waals surface area (Å²) < 4.78 is 5.58. The summed E-state index contributed by atoms with van der Waals surface area (Å²) in [6.45, 7) is 0.466. The fourth-order valence-electron chi connectivity index (χ4n) is 2.13. The van der Waals surface area contributed by atoms with Crippen LogP contribution in [0.5, 0.6) is 11.6 Å². The Balaban J connectivity index is 1.85. The van der Waals surface area contributed by atoms with E-state index in [0.29, 0.717) is 35.4 Å². The molecule has 7 heteroatoms. The van der Waals surface area contributed by atoms with Gasteiger partial charge >= 0.3 is 6.09 Å². The number of benzene rings is 1. The van der Waals surface area contributed by atoms with Gasteiger partial charge in [0.25, 0.3) is 0 Å². The summed E-state index contributed by atoms with van der Waals surface area (Å²) in [4.78, 5) is 20.1. The van der Waals surface area contributed by atoms with Crippen molar-refractivity contribution in [2.24, 2.45) is 0 Å². The summed E-state index contributed by atoms with van der Waals surface area (Å²) in [6, 6.07) is 6.76. The first kappa shape index (κ1) is 12.7. The van der Waals surface area contributed by atoms with Crippen LogP contribution >= 0.6 is 11.6 Å². The number of aromatic nitrogens is 2. The first-order chi connectivity index (χ1) is 9.63. The highest BCUT2D eigenvalue weighted by Gasteiger charge is 2.24. The summed E-state index contributed by atoms with van der Waals surface area (Å²) >= 11 is 5.76. The predicted octanol–water partition coefficient (Wildman–Crippen LogP) is 2.96. The molecule has 1 aromatic carbocycles. The molecule has 0 fully saturated rings. The summed E-state index contributed by atoms with van der Waals surface area (Å²) in [6.07, 6.45) is 1.04. The number of nitrogens with zero attached hydrogens (tertiary/aromatic N) is 3. The Hall–Kier alpha value is -2.34. The van der Waals surface area contributed by atoms with Gasteiger partial charge in [-0.25, -0.2) is 14.8 Å². The molecule has 0 bridgehead atoms. The second-order valence-corrected chi connectivity index (χ2v) is 4.64. The highest BCUT2D eigenvalue weighted by molar-refractivity contribution is 6.29. The fourth-order valence-corrected chi connectivity index (χ4v) is 2.27. The Labute approximate surface area is 119 Å². The minimum absolute atomic E-state index is 0.299. The molecule has 0 saturated heterocycles. The van der Waals surface area contributed by atoms with Gasteiger partial charge in [0.15, 0.2) is 0 Å². The van der Waals surface area contributed by atoms with Crippen molar-refractivity contribution in [3.05, 3.63) is 41.3 Å². The average Bonchev–Trinajstić information content (AvgIpc) is 2.82. The van der Waals surface area contributed by atoms with Crippen LogP contribution in [0.2, 0.25) is 5.15 Å². The third-order valence-corrected chi connectivity index (χ3v) is 3.22. The lowest BCUT2D eigenvalue weighted by Gasteiger charge is -2.13. The lowest BCUT2D eigenvalue weighted by atomic mass is 10.1. The van der Waals surface area contributed by atoms with Crippen LogP contribution in [-0.4, -0.2) is 27.7 Å². The molecule has 102 valence electrons. The minimum Gasteiger partial charge on any atom is -0.465 e. The van der Waals surface area contributed by atoms with Crippen LogP contribution in [0.4, 0.5) is 10.5 Å². The highest BCUT2D eigenvalue weighted by Crippen LogP contribution is 2.32. The van der Waals surface area contributed by atoms with Crippen molar-refractivity contribution >= 4 is 23.4 Å². The summed E-state index contributed by atoms with van der Waals surface area (Å²) in [7, 11) is 0. The van der Waals surface area contributed by atoms with E-state index in [1.54, 1.807) is 12.1 Å². The van der Waals surface area contributed by atoms with Crippen LogP contribution in [0, 0.1) is 0 Å². The molecule has 0 radical (unpaired) electrons. The van der Waals surface area contributed by atoms with E-state index in [2.05, 4.69) is 9.97 Å². The number of halogens is 1. The summed E-state index contributed by atoms with van der Waals surface area (Å²) in [5.74, 6) is 0.934. The van der Waals surface area contributed by atoms with E-state index < -0.39 is 6.09 Å². The third kappa shape index (κ3) is 2.37. The topological polar surface area (TPSA) is 75.5 Å². The van der Waals surface area contributed by atoms with Gasteiger partial charge in [0, 0.05) is 12.6 Å². The lowest BCUT2D eigenvalue weighted by molar-refractivity contribution is 0.202. The van der Waals surface area contributed by atoms with E-state index in [1.807, 2.05) is 6.07 Å². The zero-order chi connectivity index (χ0) is 14.1. The van der Waals surface area contributed by atoms with Crippen LogP contribution < -0.4 is 9.64 Å². The molecule has 20 heavy (non-hydrogen) atoms. The second kappa shape index (κ2) is 4.97. The lowest BCUT2D eigenvalue weighted by Crippen LogP contribution is -2.26. The smallest absolute Gasteiger partial charge is 0.411 e. The van der Waals surface area contributed by atoms with Crippen LogP contribution in [0.3, 0.4) is 0 Å². The molecule has 1 aliphatic heterocycles. The van der Waals surface area contributed by atoms with Crippen molar-refractivity contribution in [2.45, 2.75) is 6.42 Å². The van der Waals surface area contributed by atoms with E-state index in [-0.39, 0.29) is 0 Å². The number of fused-ring (bicyclic) bond motifs is 1. The third-order valence-electron chi connectivity index (χ3n) is 3.01. The molecular weight excluding hydrogens is 282 g/mol. The maximum Gasteiger partial charge on any atom is 0.411 e. The van der Waals surface area contributed by atoms with E-state index >= 15 is 0 Å². The number of carboxylic acid groups (broad SMARTS) is 1. The zero-order valence-electron chi connectivity index (χ0n) is 10.3. The first-order valence-corrected chi connectivity index (χ1v) is 6.30. The maximum absolute atomic E-state index is 11.0. The van der Waals surface area contributed by atoms with E-state index in [1.165, 1.54) is 17.3 Å². The minimum atomic E-state index is -0.944. The van der Waals surface area contributed by atoms with E-state index in [0.717, 1.165) is 5.56 Å². The quantitative estimate of drug-likeness (QED) is 0.861. The van der Waals surface area contributed by atoms with Gasteiger partial charge in [-0.3, -0.25) is 4.90 Å². The monoisotopic (exact) mass is 291 g/mol. The van der Waals surface area contributed by atoms with E-state index in [9.17, 15) is 4.79 Å².